The highest BCUT2D eigenvalue weighted by atomic mass is 19.4. The van der Waals surface area contributed by atoms with E-state index in [0.717, 1.165) is 11.9 Å². The first-order valence-corrected chi connectivity index (χ1v) is 7.78. The van der Waals surface area contributed by atoms with Gasteiger partial charge in [-0.3, -0.25) is 9.78 Å². The average Bonchev–Trinajstić information content (AvgIpc) is 2.60. The number of pyridine rings is 1. The smallest absolute Gasteiger partial charge is 0.337 e. The molecule has 1 aromatic carbocycles. The van der Waals surface area contributed by atoms with Crippen molar-refractivity contribution in [2.45, 2.75) is 26.1 Å². The van der Waals surface area contributed by atoms with Crippen molar-refractivity contribution in [1.29, 1.82) is 0 Å². The molecule has 8 heteroatoms. The first kappa shape index (κ1) is 17.8. The van der Waals surface area contributed by atoms with Crippen LogP contribution in [-0.2, 0) is 0 Å². The molecule has 0 aliphatic carbocycles. The van der Waals surface area contributed by atoms with Gasteiger partial charge in [-0.1, -0.05) is 6.07 Å². The van der Waals surface area contributed by atoms with E-state index in [1.165, 1.54) is 30.5 Å². The summed E-state index contributed by atoms with van der Waals surface area (Å²) >= 11 is 0. The third kappa shape index (κ3) is 3.63. The molecule has 0 fully saturated rings. The fourth-order valence-electron chi connectivity index (χ4n) is 2.49. The van der Waals surface area contributed by atoms with E-state index in [4.69, 9.17) is 0 Å². The number of rotatable bonds is 3. The van der Waals surface area contributed by atoms with Gasteiger partial charge in [0.15, 0.2) is 6.04 Å². The van der Waals surface area contributed by atoms with E-state index in [-0.39, 0.29) is 11.1 Å². The van der Waals surface area contributed by atoms with Gasteiger partial charge < -0.3 is 5.32 Å². The monoisotopic (exact) mass is 360 g/mol. The van der Waals surface area contributed by atoms with Gasteiger partial charge in [0.1, 0.15) is 0 Å². The summed E-state index contributed by atoms with van der Waals surface area (Å²) in [5.41, 5.74) is 2.41. The van der Waals surface area contributed by atoms with Crippen LogP contribution in [0.5, 0.6) is 0 Å². The number of benzene rings is 1. The van der Waals surface area contributed by atoms with Crippen LogP contribution in [0.4, 0.5) is 13.2 Å². The fourth-order valence-corrected chi connectivity index (χ4v) is 2.49. The normalized spacial score (nSPS) is 12.8. The first-order chi connectivity index (χ1) is 12.3. The van der Waals surface area contributed by atoms with Crippen LogP contribution < -0.4 is 5.32 Å². The molecule has 2 heterocycles. The van der Waals surface area contributed by atoms with E-state index < -0.39 is 18.1 Å². The van der Waals surface area contributed by atoms with E-state index in [1.807, 2.05) is 12.2 Å². The average molecular weight is 360 g/mol. The van der Waals surface area contributed by atoms with Crippen molar-refractivity contribution in [3.63, 3.8) is 0 Å². The second-order valence-corrected chi connectivity index (χ2v) is 5.83. The maximum Gasteiger partial charge on any atom is 0.412 e. The zero-order valence-electron chi connectivity index (χ0n) is 14.0. The maximum absolute atomic E-state index is 13.4. The third-order valence-corrected chi connectivity index (χ3v) is 3.96. The molecule has 0 spiro atoms. The van der Waals surface area contributed by atoms with Gasteiger partial charge in [0.2, 0.25) is 0 Å². The molecule has 1 N–H and O–H groups in total. The van der Waals surface area contributed by atoms with Crippen molar-refractivity contribution in [3.05, 3.63) is 65.2 Å². The molecule has 0 bridgehead atoms. The summed E-state index contributed by atoms with van der Waals surface area (Å²) in [4.78, 5) is 24.7. The van der Waals surface area contributed by atoms with Crippen molar-refractivity contribution in [1.82, 2.24) is 20.3 Å². The Bertz CT molecular complexity index is 958. The lowest BCUT2D eigenvalue weighted by atomic mass is 10.1. The second-order valence-electron chi connectivity index (χ2n) is 5.83. The highest BCUT2D eigenvalue weighted by Gasteiger charge is 2.42. The van der Waals surface area contributed by atoms with Crippen molar-refractivity contribution in [3.8, 4) is 0 Å². The number of halogens is 3. The van der Waals surface area contributed by atoms with Crippen LogP contribution in [0.2, 0.25) is 0 Å². The molecular formula is C18H15F3N4O. The standard InChI is InChI=1S/C18H15F3N4O/c1-10-11(2)24-15-8-12(5-6-14(15)23-10)17(26)25-16(18(19,20)21)13-4-3-7-22-9-13/h3-9,16H,1-2H3,(H,25,26)/t16-/m0/s1. The zero-order chi connectivity index (χ0) is 18.9. The Balaban J connectivity index is 1.92. The first-order valence-electron chi connectivity index (χ1n) is 7.78. The molecule has 2 aromatic heterocycles. The van der Waals surface area contributed by atoms with Gasteiger partial charge in [-0.15, -0.1) is 0 Å². The second kappa shape index (κ2) is 6.70. The summed E-state index contributed by atoms with van der Waals surface area (Å²) in [6.45, 7) is 3.58. The lowest BCUT2D eigenvalue weighted by molar-refractivity contribution is -0.155. The Kier molecular flexibility index (Phi) is 4.58. The molecule has 0 saturated carbocycles. The Labute approximate surface area is 147 Å². The molecule has 0 unspecified atom stereocenters. The summed E-state index contributed by atoms with van der Waals surface area (Å²) < 4.78 is 40.1. The summed E-state index contributed by atoms with van der Waals surface area (Å²) in [5, 5.41) is 2.03. The number of carbonyl (C=O) groups excluding carboxylic acids is 1. The highest BCUT2D eigenvalue weighted by molar-refractivity contribution is 5.97. The van der Waals surface area contributed by atoms with Crippen LogP contribution in [0.3, 0.4) is 0 Å². The molecule has 0 radical (unpaired) electrons. The van der Waals surface area contributed by atoms with Gasteiger partial charge in [-0.05, 0) is 38.1 Å². The summed E-state index contributed by atoms with van der Waals surface area (Å²) in [7, 11) is 0. The minimum atomic E-state index is -4.65. The molecular weight excluding hydrogens is 345 g/mol. The number of aromatic nitrogens is 3. The van der Waals surface area contributed by atoms with Crippen LogP contribution in [0, 0.1) is 13.8 Å². The number of aryl methyl sites for hydroxylation is 2. The zero-order valence-corrected chi connectivity index (χ0v) is 14.0. The van der Waals surface area contributed by atoms with Crippen LogP contribution in [0.15, 0.2) is 42.7 Å². The quantitative estimate of drug-likeness (QED) is 0.774. The Hall–Kier alpha value is -3.03. The SMILES string of the molecule is Cc1nc2ccc(C(=O)N[C@@H](c3cccnc3)C(F)(F)F)cc2nc1C. The van der Waals surface area contributed by atoms with Gasteiger partial charge >= 0.3 is 6.18 Å². The van der Waals surface area contributed by atoms with Gasteiger partial charge in [0, 0.05) is 23.5 Å². The van der Waals surface area contributed by atoms with E-state index in [0.29, 0.717) is 16.7 Å². The molecule has 0 aliphatic heterocycles. The van der Waals surface area contributed by atoms with Crippen molar-refractivity contribution in [2.75, 3.05) is 0 Å². The van der Waals surface area contributed by atoms with Gasteiger partial charge in [0.05, 0.1) is 22.4 Å². The van der Waals surface area contributed by atoms with E-state index in [9.17, 15) is 18.0 Å². The maximum atomic E-state index is 13.4. The minimum absolute atomic E-state index is 0.0770. The lowest BCUT2D eigenvalue weighted by Gasteiger charge is -2.21. The number of fused-ring (bicyclic) bond motifs is 1. The molecule has 134 valence electrons. The Morgan fingerprint density at radius 1 is 1.08 bits per heavy atom. The van der Waals surface area contributed by atoms with E-state index in [2.05, 4.69) is 15.0 Å². The van der Waals surface area contributed by atoms with Crippen molar-refractivity contribution in [2.24, 2.45) is 0 Å². The predicted molar refractivity (Wildman–Crippen MR) is 89.5 cm³/mol. The number of amides is 1. The molecule has 3 rings (SSSR count). The number of hydrogen-bond acceptors (Lipinski definition) is 4. The minimum Gasteiger partial charge on any atom is -0.337 e. The predicted octanol–water partition coefficient (Wildman–Crippen LogP) is 3.68. The molecule has 1 atom stereocenters. The van der Waals surface area contributed by atoms with Crippen LogP contribution in [0.25, 0.3) is 11.0 Å². The van der Waals surface area contributed by atoms with E-state index >= 15 is 0 Å². The molecule has 0 aliphatic rings. The van der Waals surface area contributed by atoms with Crippen LogP contribution in [0.1, 0.15) is 33.4 Å². The summed E-state index contributed by atoms with van der Waals surface area (Å²) in [5.74, 6) is -0.849. The molecule has 1 amide bonds. The summed E-state index contributed by atoms with van der Waals surface area (Å²) in [6.07, 6.45) is -2.20. The Morgan fingerprint density at radius 2 is 1.77 bits per heavy atom. The fraction of sp³-hybridized carbons (Fsp3) is 0.222. The lowest BCUT2D eigenvalue weighted by Crippen LogP contribution is -2.38. The number of nitrogens with one attached hydrogen (secondary N) is 1. The molecule has 0 saturated heterocycles. The van der Waals surface area contributed by atoms with E-state index in [1.54, 1.807) is 13.0 Å². The molecule has 3 aromatic rings. The van der Waals surface area contributed by atoms with Crippen molar-refractivity contribution < 1.29 is 18.0 Å². The highest BCUT2D eigenvalue weighted by Crippen LogP contribution is 2.32. The van der Waals surface area contributed by atoms with Gasteiger partial charge in [-0.2, -0.15) is 13.2 Å². The molecule has 5 nitrogen and oxygen atoms in total. The number of carbonyl (C=O) groups is 1. The number of alkyl halides is 3. The molecule has 26 heavy (non-hydrogen) atoms. The number of hydrogen-bond donors (Lipinski definition) is 1. The van der Waals surface area contributed by atoms with Crippen LogP contribution >= 0.6 is 0 Å². The Morgan fingerprint density at radius 3 is 2.38 bits per heavy atom. The van der Waals surface area contributed by atoms with Gasteiger partial charge in [-0.25, -0.2) is 9.97 Å². The van der Waals surface area contributed by atoms with Crippen molar-refractivity contribution >= 4 is 16.9 Å². The topological polar surface area (TPSA) is 67.8 Å². The summed E-state index contributed by atoms with van der Waals surface area (Å²) in [6, 6.07) is 4.93. The third-order valence-electron chi connectivity index (χ3n) is 3.96. The number of nitrogens with zero attached hydrogens (tertiary/aromatic N) is 3. The van der Waals surface area contributed by atoms with Gasteiger partial charge in [0.25, 0.3) is 5.91 Å². The largest absolute Gasteiger partial charge is 0.412 e. The van der Waals surface area contributed by atoms with Crippen LogP contribution in [-0.4, -0.2) is 27.0 Å².